The highest BCUT2D eigenvalue weighted by Crippen LogP contribution is 2.34. The highest BCUT2D eigenvalue weighted by Gasteiger charge is 2.22. The maximum absolute atomic E-state index is 13.0. The molecule has 4 heteroatoms. The molecule has 0 fully saturated rings. The van der Waals surface area contributed by atoms with Gasteiger partial charge in [-0.25, -0.2) is 0 Å². The van der Waals surface area contributed by atoms with Gasteiger partial charge in [0.1, 0.15) is 23.7 Å². The summed E-state index contributed by atoms with van der Waals surface area (Å²) in [4.78, 5) is 13.0. The fourth-order valence-corrected chi connectivity index (χ4v) is 3.41. The molecule has 0 aliphatic carbocycles. The summed E-state index contributed by atoms with van der Waals surface area (Å²) >= 11 is 0. The van der Waals surface area contributed by atoms with Crippen molar-refractivity contribution in [3.8, 4) is 17.1 Å². The number of aryl methyl sites for hydroxylation is 1. The largest absolute Gasteiger partial charge is 0.489 e. The third-order valence-corrected chi connectivity index (χ3v) is 5.14. The Balaban J connectivity index is 1.58. The van der Waals surface area contributed by atoms with E-state index >= 15 is 0 Å². The predicted octanol–water partition coefficient (Wildman–Crippen LogP) is 6.37. The molecular weight excluding hydrogens is 386 g/mol. The highest BCUT2D eigenvalue weighted by atomic mass is 16.5. The number of amides is 1. The topological polar surface area (TPSA) is 51.5 Å². The van der Waals surface area contributed by atoms with Gasteiger partial charge in [-0.1, -0.05) is 74.0 Å². The van der Waals surface area contributed by atoms with Crippen molar-refractivity contribution in [3.05, 3.63) is 89.5 Å². The molecule has 4 nitrogen and oxygen atoms in total. The predicted molar refractivity (Wildman–Crippen MR) is 124 cm³/mol. The number of carbonyl (C=O) groups is 1. The van der Waals surface area contributed by atoms with E-state index in [2.05, 4.69) is 26.1 Å². The highest BCUT2D eigenvalue weighted by molar-refractivity contribution is 6.11. The minimum Gasteiger partial charge on any atom is -0.489 e. The van der Waals surface area contributed by atoms with Crippen LogP contribution in [0, 0.1) is 12.8 Å². The van der Waals surface area contributed by atoms with Gasteiger partial charge in [-0.3, -0.25) is 4.79 Å². The van der Waals surface area contributed by atoms with Crippen LogP contribution < -0.4 is 10.1 Å². The average molecular weight is 414 g/mol. The molecule has 0 atom stereocenters. The molecule has 0 radical (unpaired) electrons. The number of benzene rings is 3. The first-order valence-electron chi connectivity index (χ1n) is 10.6. The molecular formula is C27H27NO3. The van der Waals surface area contributed by atoms with E-state index in [-0.39, 0.29) is 5.91 Å². The lowest BCUT2D eigenvalue weighted by Gasteiger charge is -2.09. The van der Waals surface area contributed by atoms with Gasteiger partial charge in [-0.05, 0) is 36.6 Å². The van der Waals surface area contributed by atoms with Crippen molar-refractivity contribution in [2.75, 3.05) is 6.54 Å². The average Bonchev–Trinajstić information content (AvgIpc) is 3.17. The molecule has 3 aromatic carbocycles. The third kappa shape index (κ3) is 4.80. The Kier molecular flexibility index (Phi) is 6.08. The first-order valence-corrected chi connectivity index (χ1v) is 10.6. The lowest BCUT2D eigenvalue weighted by atomic mass is 10.0. The van der Waals surface area contributed by atoms with E-state index in [1.54, 1.807) is 0 Å². The molecule has 1 amide bonds. The van der Waals surface area contributed by atoms with E-state index in [1.165, 1.54) is 5.56 Å². The van der Waals surface area contributed by atoms with Gasteiger partial charge in [-0.15, -0.1) is 0 Å². The summed E-state index contributed by atoms with van der Waals surface area (Å²) in [6, 6.07) is 23.6. The summed E-state index contributed by atoms with van der Waals surface area (Å²) in [6.45, 7) is 7.30. The van der Waals surface area contributed by atoms with Crippen molar-refractivity contribution < 1.29 is 13.9 Å². The molecule has 0 saturated heterocycles. The Morgan fingerprint density at radius 2 is 1.68 bits per heavy atom. The lowest BCUT2D eigenvalue weighted by molar-refractivity contribution is 0.0950. The minimum absolute atomic E-state index is 0.111. The second-order valence-electron chi connectivity index (χ2n) is 8.20. The normalized spacial score (nSPS) is 11.1. The molecule has 0 aliphatic rings. The van der Waals surface area contributed by atoms with Gasteiger partial charge in [0.2, 0.25) is 0 Å². The zero-order valence-electron chi connectivity index (χ0n) is 18.1. The molecule has 0 saturated carbocycles. The van der Waals surface area contributed by atoms with Gasteiger partial charge >= 0.3 is 0 Å². The van der Waals surface area contributed by atoms with Crippen LogP contribution in [-0.4, -0.2) is 12.5 Å². The Morgan fingerprint density at radius 3 is 2.39 bits per heavy atom. The maximum Gasteiger partial charge on any atom is 0.255 e. The van der Waals surface area contributed by atoms with Crippen molar-refractivity contribution in [1.82, 2.24) is 5.32 Å². The van der Waals surface area contributed by atoms with Crippen molar-refractivity contribution in [1.29, 1.82) is 0 Å². The fourth-order valence-electron chi connectivity index (χ4n) is 3.41. The molecule has 0 aliphatic heterocycles. The van der Waals surface area contributed by atoms with Crippen LogP contribution in [0.15, 0.2) is 77.2 Å². The second-order valence-corrected chi connectivity index (χ2v) is 8.20. The molecule has 4 rings (SSSR count). The molecule has 1 aromatic heterocycles. The van der Waals surface area contributed by atoms with Crippen LogP contribution in [0.1, 0.15) is 35.3 Å². The van der Waals surface area contributed by atoms with Gasteiger partial charge in [0.25, 0.3) is 5.91 Å². The van der Waals surface area contributed by atoms with Crippen LogP contribution >= 0.6 is 0 Å². The summed E-state index contributed by atoms with van der Waals surface area (Å²) in [7, 11) is 0. The van der Waals surface area contributed by atoms with Gasteiger partial charge in [0.05, 0.1) is 5.56 Å². The molecule has 0 spiro atoms. The van der Waals surface area contributed by atoms with Gasteiger partial charge in [-0.2, -0.15) is 0 Å². The number of para-hydroxylation sites is 1. The van der Waals surface area contributed by atoms with Crippen molar-refractivity contribution in [3.63, 3.8) is 0 Å². The van der Waals surface area contributed by atoms with Crippen LogP contribution in [0.2, 0.25) is 0 Å². The zero-order chi connectivity index (χ0) is 21.8. The van der Waals surface area contributed by atoms with E-state index in [4.69, 9.17) is 9.15 Å². The SMILES string of the molecule is Cc1ccc(OCc2ccc(-c3oc4ccccc4c3C(=O)NCC(C)C)cc2)cc1. The molecule has 1 N–H and O–H groups in total. The number of fused-ring (bicyclic) bond motifs is 1. The number of hydrogen-bond acceptors (Lipinski definition) is 3. The molecule has 4 aromatic rings. The fraction of sp³-hybridized carbons (Fsp3) is 0.222. The quantitative estimate of drug-likeness (QED) is 0.383. The first kappa shape index (κ1) is 20.7. The molecule has 158 valence electrons. The summed E-state index contributed by atoms with van der Waals surface area (Å²) < 4.78 is 12.0. The number of nitrogens with one attached hydrogen (secondary N) is 1. The van der Waals surface area contributed by atoms with Crippen LogP contribution in [0.3, 0.4) is 0 Å². The van der Waals surface area contributed by atoms with E-state index in [9.17, 15) is 4.79 Å². The molecule has 0 unspecified atom stereocenters. The van der Waals surface area contributed by atoms with Crippen molar-refractivity contribution in [2.45, 2.75) is 27.4 Å². The smallest absolute Gasteiger partial charge is 0.255 e. The summed E-state index contributed by atoms with van der Waals surface area (Å²) in [5.41, 5.74) is 4.41. The number of carbonyl (C=O) groups excluding carboxylic acids is 1. The summed E-state index contributed by atoms with van der Waals surface area (Å²) in [5, 5.41) is 3.85. The monoisotopic (exact) mass is 413 g/mol. The molecule has 0 bridgehead atoms. The second kappa shape index (κ2) is 9.09. The van der Waals surface area contributed by atoms with E-state index < -0.39 is 0 Å². The Hall–Kier alpha value is -3.53. The molecule has 31 heavy (non-hydrogen) atoms. The van der Waals surface area contributed by atoms with E-state index in [0.717, 1.165) is 22.3 Å². The van der Waals surface area contributed by atoms with Crippen molar-refractivity contribution in [2.24, 2.45) is 5.92 Å². The Bertz CT molecular complexity index is 1170. The van der Waals surface area contributed by atoms with E-state index in [0.29, 0.717) is 36.0 Å². The zero-order valence-corrected chi connectivity index (χ0v) is 18.1. The number of hydrogen-bond donors (Lipinski definition) is 1. The van der Waals surface area contributed by atoms with Crippen LogP contribution in [0.5, 0.6) is 5.75 Å². The van der Waals surface area contributed by atoms with Crippen LogP contribution in [0.4, 0.5) is 0 Å². The Morgan fingerprint density at radius 1 is 0.968 bits per heavy atom. The Labute approximate surface area is 182 Å². The van der Waals surface area contributed by atoms with Crippen LogP contribution in [0.25, 0.3) is 22.3 Å². The lowest BCUT2D eigenvalue weighted by Crippen LogP contribution is -2.27. The van der Waals surface area contributed by atoms with Crippen molar-refractivity contribution >= 4 is 16.9 Å². The number of furan rings is 1. The van der Waals surface area contributed by atoms with Gasteiger partial charge < -0.3 is 14.5 Å². The van der Waals surface area contributed by atoms with Crippen LogP contribution in [-0.2, 0) is 6.61 Å². The minimum atomic E-state index is -0.111. The number of ether oxygens (including phenoxy) is 1. The number of rotatable bonds is 7. The maximum atomic E-state index is 13.0. The van der Waals surface area contributed by atoms with Gasteiger partial charge in [0, 0.05) is 17.5 Å². The molecule has 1 heterocycles. The van der Waals surface area contributed by atoms with Gasteiger partial charge in [0.15, 0.2) is 0 Å². The first-order chi connectivity index (χ1) is 15.0. The third-order valence-electron chi connectivity index (χ3n) is 5.14. The standard InChI is InChI=1S/C27H27NO3/c1-18(2)16-28-27(29)25-23-6-4-5-7-24(23)31-26(25)21-12-10-20(11-13-21)17-30-22-14-8-19(3)9-15-22/h4-15,18H,16-17H2,1-3H3,(H,28,29). The summed E-state index contributed by atoms with van der Waals surface area (Å²) in [6.07, 6.45) is 0. The summed E-state index contributed by atoms with van der Waals surface area (Å²) in [5.74, 6) is 1.70. The van der Waals surface area contributed by atoms with E-state index in [1.807, 2.05) is 72.8 Å².